The Morgan fingerprint density at radius 1 is 1.08 bits per heavy atom. The maximum atomic E-state index is 12.5. The van der Waals surface area contributed by atoms with Gasteiger partial charge in [0.2, 0.25) is 0 Å². The maximum Gasteiger partial charge on any atom is 0.326 e. The number of carbonyl (C=O) groups excluding carboxylic acids is 1. The highest BCUT2D eigenvalue weighted by atomic mass is 16.5. The molecular formula is C19H19NO4. The zero-order valence-corrected chi connectivity index (χ0v) is 13.2. The first-order valence-corrected chi connectivity index (χ1v) is 7.96. The summed E-state index contributed by atoms with van der Waals surface area (Å²) in [5.41, 5.74) is 1.55. The number of nitrogens with zero attached hydrogens (tertiary/aromatic N) is 1. The van der Waals surface area contributed by atoms with Gasteiger partial charge in [-0.25, -0.2) is 4.79 Å². The van der Waals surface area contributed by atoms with E-state index in [-0.39, 0.29) is 5.91 Å². The van der Waals surface area contributed by atoms with Gasteiger partial charge >= 0.3 is 5.97 Å². The van der Waals surface area contributed by atoms with Crippen LogP contribution in [0, 0.1) is 0 Å². The van der Waals surface area contributed by atoms with Gasteiger partial charge in [-0.15, -0.1) is 0 Å². The van der Waals surface area contributed by atoms with Gasteiger partial charge in [-0.2, -0.15) is 0 Å². The second-order valence-electron chi connectivity index (χ2n) is 5.79. The van der Waals surface area contributed by atoms with E-state index >= 15 is 0 Å². The molecule has 0 bridgehead atoms. The van der Waals surface area contributed by atoms with Crippen LogP contribution in [0.5, 0.6) is 5.75 Å². The number of hydrogen-bond acceptors (Lipinski definition) is 3. The Morgan fingerprint density at radius 2 is 1.79 bits per heavy atom. The van der Waals surface area contributed by atoms with Crippen molar-refractivity contribution in [1.82, 2.24) is 4.90 Å². The molecule has 5 heteroatoms. The molecule has 1 fully saturated rings. The molecule has 0 spiro atoms. The van der Waals surface area contributed by atoms with Crippen LogP contribution >= 0.6 is 0 Å². The SMILES string of the molecule is O=C(O)[C@H]1CCCN1C(=O)c1ccc(OCc2ccccc2)cc1. The number of aliphatic carboxylic acids is 1. The summed E-state index contributed by atoms with van der Waals surface area (Å²) in [6.45, 7) is 0.948. The standard InChI is InChI=1S/C19H19NO4/c21-18(20-12-4-7-17(20)19(22)23)15-8-10-16(11-9-15)24-13-14-5-2-1-3-6-14/h1-3,5-6,8-11,17H,4,7,12-13H2,(H,22,23)/t17-/m1/s1. The topological polar surface area (TPSA) is 66.8 Å². The minimum atomic E-state index is -0.941. The predicted octanol–water partition coefficient (Wildman–Crippen LogP) is 2.95. The minimum absolute atomic E-state index is 0.241. The number of carbonyl (C=O) groups is 2. The lowest BCUT2D eigenvalue weighted by Gasteiger charge is -2.21. The Labute approximate surface area is 140 Å². The molecular weight excluding hydrogens is 306 g/mol. The highest BCUT2D eigenvalue weighted by Crippen LogP contribution is 2.22. The lowest BCUT2D eigenvalue weighted by Crippen LogP contribution is -2.40. The van der Waals surface area contributed by atoms with Gasteiger partial charge in [0.15, 0.2) is 0 Å². The monoisotopic (exact) mass is 325 g/mol. The number of carboxylic acid groups (broad SMARTS) is 1. The molecule has 2 aromatic rings. The van der Waals surface area contributed by atoms with E-state index in [1.54, 1.807) is 24.3 Å². The molecule has 1 saturated heterocycles. The van der Waals surface area contributed by atoms with Crippen LogP contribution in [0.4, 0.5) is 0 Å². The fourth-order valence-electron chi connectivity index (χ4n) is 2.87. The summed E-state index contributed by atoms with van der Waals surface area (Å²) >= 11 is 0. The molecule has 1 aliphatic heterocycles. The summed E-state index contributed by atoms with van der Waals surface area (Å²) in [6.07, 6.45) is 1.24. The highest BCUT2D eigenvalue weighted by molar-refractivity contribution is 5.97. The molecule has 1 N–H and O–H groups in total. The first kappa shape index (κ1) is 16.1. The number of benzene rings is 2. The lowest BCUT2D eigenvalue weighted by molar-refractivity contribution is -0.141. The van der Waals surface area contributed by atoms with E-state index in [0.717, 1.165) is 12.0 Å². The first-order valence-electron chi connectivity index (χ1n) is 7.96. The minimum Gasteiger partial charge on any atom is -0.489 e. The van der Waals surface area contributed by atoms with Crippen LogP contribution in [-0.4, -0.2) is 34.5 Å². The molecule has 3 rings (SSSR count). The van der Waals surface area contributed by atoms with E-state index < -0.39 is 12.0 Å². The van der Waals surface area contributed by atoms with Gasteiger partial charge in [0, 0.05) is 12.1 Å². The van der Waals surface area contributed by atoms with Gasteiger partial charge in [-0.1, -0.05) is 30.3 Å². The molecule has 2 aromatic carbocycles. The third-order valence-electron chi connectivity index (χ3n) is 4.15. The number of carboxylic acids is 1. The van der Waals surface area contributed by atoms with Crippen molar-refractivity contribution in [3.63, 3.8) is 0 Å². The molecule has 124 valence electrons. The number of ether oxygens (including phenoxy) is 1. The largest absolute Gasteiger partial charge is 0.489 e. The van der Waals surface area contributed by atoms with Crippen molar-refractivity contribution in [1.29, 1.82) is 0 Å². The van der Waals surface area contributed by atoms with Crippen LogP contribution in [0.1, 0.15) is 28.8 Å². The van der Waals surface area contributed by atoms with Gasteiger partial charge in [-0.05, 0) is 42.7 Å². The van der Waals surface area contributed by atoms with Crippen LogP contribution in [0.3, 0.4) is 0 Å². The maximum absolute atomic E-state index is 12.5. The molecule has 1 amide bonds. The van der Waals surface area contributed by atoms with Crippen LogP contribution in [-0.2, 0) is 11.4 Å². The van der Waals surface area contributed by atoms with Crippen molar-refractivity contribution in [3.05, 3.63) is 65.7 Å². The summed E-state index contributed by atoms with van der Waals surface area (Å²) in [5.74, 6) is -0.509. The van der Waals surface area contributed by atoms with Crippen molar-refractivity contribution in [2.24, 2.45) is 0 Å². The van der Waals surface area contributed by atoms with E-state index in [2.05, 4.69) is 0 Å². The van der Waals surface area contributed by atoms with E-state index in [4.69, 9.17) is 4.74 Å². The zero-order chi connectivity index (χ0) is 16.9. The van der Waals surface area contributed by atoms with Crippen molar-refractivity contribution in [3.8, 4) is 5.75 Å². The quantitative estimate of drug-likeness (QED) is 0.918. The lowest BCUT2D eigenvalue weighted by atomic mass is 10.1. The van der Waals surface area contributed by atoms with Crippen molar-refractivity contribution >= 4 is 11.9 Å². The molecule has 1 aliphatic rings. The summed E-state index contributed by atoms with van der Waals surface area (Å²) in [7, 11) is 0. The summed E-state index contributed by atoms with van der Waals surface area (Å²) in [6, 6.07) is 15.9. The Hall–Kier alpha value is -2.82. The molecule has 0 aliphatic carbocycles. The predicted molar refractivity (Wildman–Crippen MR) is 88.9 cm³/mol. The Kier molecular flexibility index (Phi) is 4.79. The van der Waals surface area contributed by atoms with Crippen LogP contribution in [0.2, 0.25) is 0 Å². The van der Waals surface area contributed by atoms with E-state index in [1.807, 2.05) is 30.3 Å². The molecule has 0 aromatic heterocycles. The number of hydrogen-bond donors (Lipinski definition) is 1. The summed E-state index contributed by atoms with van der Waals surface area (Å²) < 4.78 is 5.69. The normalized spacial score (nSPS) is 16.8. The third-order valence-corrected chi connectivity index (χ3v) is 4.15. The molecule has 1 heterocycles. The van der Waals surface area contributed by atoms with Gasteiger partial charge in [0.1, 0.15) is 18.4 Å². The molecule has 0 unspecified atom stereocenters. The van der Waals surface area contributed by atoms with Gasteiger partial charge in [0.25, 0.3) is 5.91 Å². The van der Waals surface area contributed by atoms with E-state index in [0.29, 0.717) is 30.9 Å². The zero-order valence-electron chi connectivity index (χ0n) is 13.2. The highest BCUT2D eigenvalue weighted by Gasteiger charge is 2.34. The van der Waals surface area contributed by atoms with Crippen LogP contribution in [0.15, 0.2) is 54.6 Å². The third kappa shape index (κ3) is 3.56. The summed E-state index contributed by atoms with van der Waals surface area (Å²) in [4.78, 5) is 25.1. The van der Waals surface area contributed by atoms with Crippen molar-refractivity contribution in [2.45, 2.75) is 25.5 Å². The van der Waals surface area contributed by atoms with Crippen LogP contribution < -0.4 is 4.74 Å². The molecule has 5 nitrogen and oxygen atoms in total. The fraction of sp³-hybridized carbons (Fsp3) is 0.263. The Balaban J connectivity index is 1.63. The molecule has 0 radical (unpaired) electrons. The molecule has 1 atom stereocenters. The van der Waals surface area contributed by atoms with Gasteiger partial charge < -0.3 is 14.7 Å². The van der Waals surface area contributed by atoms with E-state index in [9.17, 15) is 14.7 Å². The smallest absolute Gasteiger partial charge is 0.326 e. The second kappa shape index (κ2) is 7.17. The molecule has 0 saturated carbocycles. The van der Waals surface area contributed by atoms with Crippen molar-refractivity contribution in [2.75, 3.05) is 6.54 Å². The number of rotatable bonds is 5. The van der Waals surface area contributed by atoms with Gasteiger partial charge in [-0.3, -0.25) is 4.79 Å². The Morgan fingerprint density at radius 3 is 2.46 bits per heavy atom. The Bertz CT molecular complexity index is 712. The first-order chi connectivity index (χ1) is 11.6. The van der Waals surface area contributed by atoms with Gasteiger partial charge in [0.05, 0.1) is 0 Å². The van der Waals surface area contributed by atoms with Crippen LogP contribution in [0.25, 0.3) is 0 Å². The second-order valence-corrected chi connectivity index (χ2v) is 5.79. The number of amides is 1. The van der Waals surface area contributed by atoms with Crippen molar-refractivity contribution < 1.29 is 19.4 Å². The fourth-order valence-corrected chi connectivity index (χ4v) is 2.87. The average Bonchev–Trinajstić information content (AvgIpc) is 3.11. The summed E-state index contributed by atoms with van der Waals surface area (Å²) in [5, 5.41) is 9.19. The van der Waals surface area contributed by atoms with E-state index in [1.165, 1.54) is 4.90 Å². The molecule has 24 heavy (non-hydrogen) atoms. The number of likely N-dealkylation sites (tertiary alicyclic amines) is 1. The average molecular weight is 325 g/mol.